The van der Waals surface area contributed by atoms with Crippen molar-refractivity contribution >= 4 is 11.8 Å². The molecule has 0 saturated heterocycles. The molecule has 2 atom stereocenters. The van der Waals surface area contributed by atoms with Gasteiger partial charge in [0.1, 0.15) is 12.1 Å². The molecule has 4 aromatic rings. The van der Waals surface area contributed by atoms with Gasteiger partial charge in [-0.05, 0) is 74.6 Å². The fourth-order valence-electron chi connectivity index (χ4n) is 7.90. The fourth-order valence-corrected chi connectivity index (χ4v) is 7.90. The van der Waals surface area contributed by atoms with E-state index in [0.29, 0.717) is 30.1 Å². The molecular formula is C43H50Br2N2NiO2. The summed E-state index contributed by atoms with van der Waals surface area (Å²) in [7, 11) is 0. The summed E-state index contributed by atoms with van der Waals surface area (Å²) in [5.74, 6) is 2.25. The van der Waals surface area contributed by atoms with Crippen LogP contribution in [-0.2, 0) is 37.2 Å². The summed E-state index contributed by atoms with van der Waals surface area (Å²) in [4.78, 5) is 10.9. The Morgan fingerprint density at radius 1 is 0.500 bits per heavy atom. The Balaban J connectivity index is 0.00000225. The maximum atomic E-state index is 7.29. The van der Waals surface area contributed by atoms with Crippen LogP contribution < -0.4 is 34.0 Å². The monoisotopic (exact) mass is 842 g/mol. The Morgan fingerprint density at radius 3 is 1.00 bits per heavy atom. The zero-order valence-corrected chi connectivity index (χ0v) is 34.6. The molecular weight excluding hydrogens is 795 g/mol. The summed E-state index contributed by atoms with van der Waals surface area (Å²) in [6.45, 7) is 17.8. The summed E-state index contributed by atoms with van der Waals surface area (Å²) in [5.41, 5.74) is 7.98. The zero-order chi connectivity index (χ0) is 33.3. The van der Waals surface area contributed by atoms with E-state index in [2.05, 4.69) is 152 Å². The standard InChI is InChI=1S/C43H50N2O2.2BrH.Ni/c1-28(2)25-38-42(34-21-13-9-17-30(34)5,35-22-14-10-18-31(35)6)46-40(44-38)27-41-45-39(26-29(3)4)43(47-41,36-23-15-11-19-32(36)7)37-24-16-12-20-33(37)8;;;/h9-24,28-29,38-39H,25-27H2,1-8H3;2*1H;/q;;;+2/p-2/t38-,39-;;;/m1.../s1. The van der Waals surface area contributed by atoms with E-state index in [9.17, 15) is 0 Å². The van der Waals surface area contributed by atoms with Crippen molar-refractivity contribution < 1.29 is 59.9 Å². The van der Waals surface area contributed by atoms with E-state index < -0.39 is 11.2 Å². The number of rotatable bonds is 10. The van der Waals surface area contributed by atoms with E-state index in [0.717, 1.165) is 12.8 Å². The minimum atomic E-state index is -0.740. The number of nitrogens with zero attached hydrogens (tertiary/aromatic N) is 2. The quantitative estimate of drug-likeness (QED) is 0.225. The molecule has 0 spiro atoms. The molecule has 0 aliphatic carbocycles. The third-order valence-electron chi connectivity index (χ3n) is 9.97. The van der Waals surface area contributed by atoms with Crippen LogP contribution in [0.2, 0.25) is 0 Å². The number of halogens is 2. The normalized spacial score (nSPS) is 18.6. The van der Waals surface area contributed by atoms with Gasteiger partial charge in [-0.25, -0.2) is 9.98 Å². The molecule has 50 heavy (non-hydrogen) atoms. The number of aliphatic imine (C=N–C) groups is 2. The molecule has 0 N–H and O–H groups in total. The number of aryl methyl sites for hydroxylation is 4. The van der Waals surface area contributed by atoms with Gasteiger partial charge in [-0.3, -0.25) is 0 Å². The van der Waals surface area contributed by atoms with E-state index in [-0.39, 0.29) is 62.5 Å². The number of ether oxygens (including phenoxy) is 2. The second kappa shape index (κ2) is 17.2. The summed E-state index contributed by atoms with van der Waals surface area (Å²) in [6, 6.07) is 34.3. The molecule has 0 fully saturated rings. The first-order valence-electron chi connectivity index (χ1n) is 17.3. The van der Waals surface area contributed by atoms with Crippen LogP contribution in [0.1, 0.15) is 91.5 Å². The topological polar surface area (TPSA) is 43.2 Å². The second-order valence-corrected chi connectivity index (χ2v) is 14.4. The second-order valence-electron chi connectivity index (χ2n) is 14.4. The first-order valence-corrected chi connectivity index (χ1v) is 17.3. The molecule has 268 valence electrons. The average Bonchev–Trinajstić information content (AvgIpc) is 3.55. The molecule has 0 radical (unpaired) electrons. The molecule has 2 aliphatic heterocycles. The van der Waals surface area contributed by atoms with Crippen LogP contribution >= 0.6 is 0 Å². The van der Waals surface area contributed by atoms with Crippen LogP contribution in [0, 0.1) is 39.5 Å². The Bertz CT molecular complexity index is 1600. The smallest absolute Gasteiger partial charge is 1.00 e. The van der Waals surface area contributed by atoms with Crippen LogP contribution in [0.4, 0.5) is 0 Å². The average molecular weight is 845 g/mol. The van der Waals surface area contributed by atoms with Crippen molar-refractivity contribution in [1.82, 2.24) is 0 Å². The van der Waals surface area contributed by atoms with E-state index in [1.54, 1.807) is 0 Å². The Labute approximate surface area is 331 Å². The third kappa shape index (κ3) is 7.71. The number of benzene rings is 4. The van der Waals surface area contributed by atoms with E-state index in [4.69, 9.17) is 19.5 Å². The van der Waals surface area contributed by atoms with E-state index in [1.807, 2.05) is 0 Å². The van der Waals surface area contributed by atoms with Crippen molar-refractivity contribution in [3.8, 4) is 0 Å². The minimum absolute atomic E-state index is 0. The van der Waals surface area contributed by atoms with Gasteiger partial charge in [0, 0.05) is 22.3 Å². The van der Waals surface area contributed by atoms with Crippen LogP contribution in [0.5, 0.6) is 0 Å². The molecule has 0 bridgehead atoms. The van der Waals surface area contributed by atoms with Gasteiger partial charge in [-0.2, -0.15) is 0 Å². The van der Waals surface area contributed by atoms with E-state index >= 15 is 0 Å². The predicted molar refractivity (Wildman–Crippen MR) is 194 cm³/mol. The van der Waals surface area contributed by atoms with Crippen molar-refractivity contribution in [2.45, 2.75) is 97.9 Å². The Morgan fingerprint density at radius 2 is 0.760 bits per heavy atom. The number of hydrogen-bond acceptors (Lipinski definition) is 4. The summed E-state index contributed by atoms with van der Waals surface area (Å²) >= 11 is 0. The van der Waals surface area contributed by atoms with Crippen LogP contribution in [0.25, 0.3) is 0 Å². The minimum Gasteiger partial charge on any atom is -1.00 e. The SMILES string of the molecule is Cc1ccccc1C1(c2ccccc2C)OC(CC2=N[C@H](CC(C)C)C(c3ccccc3C)(c3ccccc3C)O2)=N[C@@H]1CC(C)C.[Br-].[Br-].[Ni+2]. The van der Waals surface area contributed by atoms with Crippen molar-refractivity contribution in [2.24, 2.45) is 21.8 Å². The fraction of sp³-hybridized carbons (Fsp3) is 0.395. The Hall–Kier alpha value is -2.73. The van der Waals surface area contributed by atoms with Gasteiger partial charge in [-0.1, -0.05) is 125 Å². The van der Waals surface area contributed by atoms with Gasteiger partial charge in [0.25, 0.3) is 0 Å². The number of hydrogen-bond donors (Lipinski definition) is 0. The van der Waals surface area contributed by atoms with Crippen LogP contribution in [0.15, 0.2) is 107 Å². The molecule has 2 aliphatic rings. The van der Waals surface area contributed by atoms with Crippen LogP contribution in [-0.4, -0.2) is 23.9 Å². The van der Waals surface area contributed by atoms with Gasteiger partial charge >= 0.3 is 16.5 Å². The summed E-state index contributed by atoms with van der Waals surface area (Å²) in [5, 5.41) is 0. The van der Waals surface area contributed by atoms with Gasteiger partial charge in [0.15, 0.2) is 23.0 Å². The summed E-state index contributed by atoms with van der Waals surface area (Å²) < 4.78 is 14.6. The Kier molecular flexibility index (Phi) is 14.3. The molecule has 4 nitrogen and oxygen atoms in total. The van der Waals surface area contributed by atoms with Crippen molar-refractivity contribution in [2.75, 3.05) is 0 Å². The predicted octanol–water partition coefficient (Wildman–Crippen LogP) is 4.19. The molecule has 7 heteroatoms. The first kappa shape index (κ1) is 41.7. The molecule has 0 aromatic heterocycles. The van der Waals surface area contributed by atoms with Crippen molar-refractivity contribution in [3.63, 3.8) is 0 Å². The first-order chi connectivity index (χ1) is 22.6. The van der Waals surface area contributed by atoms with E-state index in [1.165, 1.54) is 44.5 Å². The van der Waals surface area contributed by atoms with Crippen molar-refractivity contribution in [3.05, 3.63) is 142 Å². The van der Waals surface area contributed by atoms with Crippen molar-refractivity contribution in [1.29, 1.82) is 0 Å². The van der Waals surface area contributed by atoms with Crippen LogP contribution in [0.3, 0.4) is 0 Å². The maximum Gasteiger partial charge on any atom is 2.00 e. The maximum absolute atomic E-state index is 7.29. The molecule has 2 heterocycles. The summed E-state index contributed by atoms with van der Waals surface area (Å²) in [6.07, 6.45) is 2.19. The van der Waals surface area contributed by atoms with Gasteiger partial charge < -0.3 is 43.4 Å². The molecule has 4 aromatic carbocycles. The largest absolute Gasteiger partial charge is 2.00 e. The van der Waals surface area contributed by atoms with Gasteiger partial charge in [-0.15, -0.1) is 0 Å². The van der Waals surface area contributed by atoms with Gasteiger partial charge in [0.05, 0.1) is 6.42 Å². The zero-order valence-electron chi connectivity index (χ0n) is 30.5. The molecule has 6 rings (SSSR count). The molecule has 0 saturated carbocycles. The van der Waals surface area contributed by atoms with Gasteiger partial charge in [0.2, 0.25) is 0 Å². The molecule has 0 unspecified atom stereocenters. The third-order valence-corrected chi connectivity index (χ3v) is 9.97. The molecule has 0 amide bonds.